The molecule has 0 aliphatic carbocycles. The fourth-order valence-corrected chi connectivity index (χ4v) is 2.11. The maximum atomic E-state index is 11.6. The van der Waals surface area contributed by atoms with E-state index in [1.165, 1.54) is 18.4 Å². The van der Waals surface area contributed by atoms with Crippen LogP contribution in [-0.4, -0.2) is 43.2 Å². The van der Waals surface area contributed by atoms with E-state index >= 15 is 0 Å². The van der Waals surface area contributed by atoms with Crippen LogP contribution in [0.1, 0.15) is 22.5 Å². The molecule has 0 aliphatic heterocycles. The summed E-state index contributed by atoms with van der Waals surface area (Å²) in [5.41, 5.74) is 4.75. The fourth-order valence-electron chi connectivity index (χ4n) is 1.33. The lowest BCUT2D eigenvalue weighted by Crippen LogP contribution is -2.48. The molecule has 0 fully saturated rings. The minimum atomic E-state index is -0.498. The van der Waals surface area contributed by atoms with E-state index in [4.69, 9.17) is 21.7 Å². The molecule has 8 nitrogen and oxygen atoms in total. The molecule has 3 N–H and O–H groups in total. The molecule has 0 bridgehead atoms. The van der Waals surface area contributed by atoms with Crippen molar-refractivity contribution < 1.29 is 23.9 Å². The lowest BCUT2D eigenvalue weighted by Gasteiger charge is -2.10. The maximum Gasteiger partial charge on any atom is 0.306 e. The minimum absolute atomic E-state index is 0.0624. The number of thiocarbonyl (C=S) groups is 1. The van der Waals surface area contributed by atoms with Crippen LogP contribution in [0.5, 0.6) is 0 Å². The number of hydrogen-bond donors (Lipinski definition) is 3. The minimum Gasteiger partial charge on any atom is -0.463 e. The Bertz CT molecular complexity index is 548. The number of ether oxygens (including phenoxy) is 2. The summed E-state index contributed by atoms with van der Waals surface area (Å²) in [7, 11) is 1.49. The summed E-state index contributed by atoms with van der Waals surface area (Å²) in [4.78, 5) is 35.0. The first-order valence-electron chi connectivity index (χ1n) is 6.61. The van der Waals surface area contributed by atoms with Gasteiger partial charge in [0.1, 0.15) is 6.61 Å². The Morgan fingerprint density at radius 3 is 2.65 bits per heavy atom. The number of thiophene rings is 1. The van der Waals surface area contributed by atoms with E-state index in [2.05, 4.69) is 16.2 Å². The van der Waals surface area contributed by atoms with Crippen LogP contribution in [0.3, 0.4) is 0 Å². The van der Waals surface area contributed by atoms with Crippen LogP contribution in [0.15, 0.2) is 17.5 Å². The predicted molar refractivity (Wildman–Crippen MR) is 87.7 cm³/mol. The van der Waals surface area contributed by atoms with Crippen LogP contribution < -0.4 is 16.2 Å². The Labute approximate surface area is 142 Å². The lowest BCUT2D eigenvalue weighted by molar-refractivity contribution is -0.146. The standard InChI is InChI=1S/C13H17N3O5S2/c1-20-6-7-21-11(18)5-4-10(17)14-13(22)16-15-12(19)9-3-2-8-23-9/h2-3,8H,4-7H2,1H3,(H,15,19)(H2,14,16,17,22). The normalized spacial score (nSPS) is 9.78. The van der Waals surface area contributed by atoms with Crippen molar-refractivity contribution in [3.05, 3.63) is 22.4 Å². The molecule has 0 aliphatic rings. The van der Waals surface area contributed by atoms with Gasteiger partial charge in [0.2, 0.25) is 5.91 Å². The second-order valence-electron chi connectivity index (χ2n) is 4.15. The summed E-state index contributed by atoms with van der Waals surface area (Å²) in [5, 5.41) is 4.04. The van der Waals surface area contributed by atoms with Crippen molar-refractivity contribution in [1.29, 1.82) is 0 Å². The first-order valence-corrected chi connectivity index (χ1v) is 7.90. The van der Waals surface area contributed by atoms with Gasteiger partial charge >= 0.3 is 5.97 Å². The summed E-state index contributed by atoms with van der Waals surface area (Å²) >= 11 is 6.13. The number of rotatable bonds is 7. The first kappa shape index (κ1) is 19.0. The van der Waals surface area contributed by atoms with Crippen LogP contribution in [0, 0.1) is 0 Å². The van der Waals surface area contributed by atoms with Crippen LogP contribution in [0.25, 0.3) is 0 Å². The summed E-state index contributed by atoms with van der Waals surface area (Å²) in [5.74, 6) is -1.32. The Balaban J connectivity index is 2.17. The van der Waals surface area contributed by atoms with Gasteiger partial charge < -0.3 is 14.8 Å². The third kappa shape index (κ3) is 8.24. The van der Waals surface area contributed by atoms with Gasteiger partial charge in [-0.2, -0.15) is 0 Å². The first-order chi connectivity index (χ1) is 11.0. The number of hydrogen-bond acceptors (Lipinski definition) is 7. The molecule has 1 aromatic rings. The summed E-state index contributed by atoms with van der Waals surface area (Å²) in [6.45, 7) is 0.446. The molecule has 1 rings (SSSR count). The largest absolute Gasteiger partial charge is 0.463 e. The van der Waals surface area contributed by atoms with Gasteiger partial charge in [-0.15, -0.1) is 11.3 Å². The third-order valence-electron chi connectivity index (χ3n) is 2.39. The number of carbonyl (C=O) groups is 3. The number of esters is 1. The van der Waals surface area contributed by atoms with Gasteiger partial charge in [0.15, 0.2) is 5.11 Å². The number of nitrogens with one attached hydrogen (secondary N) is 3. The Hall–Kier alpha value is -2.04. The Kier molecular flexibility index (Phi) is 8.80. The molecule has 0 radical (unpaired) electrons. The molecule has 0 saturated heterocycles. The zero-order chi connectivity index (χ0) is 17.1. The second-order valence-corrected chi connectivity index (χ2v) is 5.50. The van der Waals surface area contributed by atoms with E-state index in [0.29, 0.717) is 11.5 Å². The van der Waals surface area contributed by atoms with Crippen molar-refractivity contribution in [2.24, 2.45) is 0 Å². The fraction of sp³-hybridized carbons (Fsp3) is 0.385. The van der Waals surface area contributed by atoms with Gasteiger partial charge in [-0.1, -0.05) is 6.07 Å². The highest BCUT2D eigenvalue weighted by Crippen LogP contribution is 2.06. The van der Waals surface area contributed by atoms with E-state index in [1.807, 2.05) is 0 Å². The number of hydrazine groups is 1. The van der Waals surface area contributed by atoms with Crippen molar-refractivity contribution in [2.75, 3.05) is 20.3 Å². The highest BCUT2D eigenvalue weighted by atomic mass is 32.1. The molecule has 0 saturated carbocycles. The molecule has 23 heavy (non-hydrogen) atoms. The molecule has 0 unspecified atom stereocenters. The monoisotopic (exact) mass is 359 g/mol. The van der Waals surface area contributed by atoms with Crippen molar-refractivity contribution in [3.63, 3.8) is 0 Å². The molecule has 2 amide bonds. The van der Waals surface area contributed by atoms with Gasteiger partial charge in [0, 0.05) is 13.5 Å². The van der Waals surface area contributed by atoms with Gasteiger partial charge in [0.05, 0.1) is 17.9 Å². The number of amides is 2. The zero-order valence-electron chi connectivity index (χ0n) is 12.4. The molecule has 0 spiro atoms. The highest BCUT2D eigenvalue weighted by molar-refractivity contribution is 7.80. The van der Waals surface area contributed by atoms with Crippen molar-refractivity contribution in [2.45, 2.75) is 12.8 Å². The predicted octanol–water partition coefficient (Wildman–Crippen LogP) is 0.353. The SMILES string of the molecule is COCCOC(=O)CCC(=O)NC(=S)NNC(=O)c1cccs1. The lowest BCUT2D eigenvalue weighted by atomic mass is 10.3. The average molecular weight is 359 g/mol. The highest BCUT2D eigenvalue weighted by Gasteiger charge is 2.10. The van der Waals surface area contributed by atoms with E-state index in [1.54, 1.807) is 17.5 Å². The molecular formula is C13H17N3O5S2. The quantitative estimate of drug-likeness (QED) is 0.279. The molecule has 0 atom stereocenters. The molecule has 1 heterocycles. The van der Waals surface area contributed by atoms with Crippen molar-refractivity contribution in [1.82, 2.24) is 16.2 Å². The maximum absolute atomic E-state index is 11.6. The third-order valence-corrected chi connectivity index (χ3v) is 3.47. The summed E-state index contributed by atoms with van der Waals surface area (Å²) in [6, 6.07) is 3.39. The number of carbonyl (C=O) groups excluding carboxylic acids is 3. The Morgan fingerprint density at radius 1 is 1.22 bits per heavy atom. The van der Waals surface area contributed by atoms with E-state index < -0.39 is 11.9 Å². The van der Waals surface area contributed by atoms with E-state index in [-0.39, 0.29) is 30.5 Å². The van der Waals surface area contributed by atoms with Crippen LogP contribution >= 0.6 is 23.6 Å². The zero-order valence-corrected chi connectivity index (χ0v) is 14.1. The van der Waals surface area contributed by atoms with Crippen molar-refractivity contribution in [3.8, 4) is 0 Å². The van der Waals surface area contributed by atoms with E-state index in [0.717, 1.165) is 0 Å². The molecule has 1 aromatic heterocycles. The van der Waals surface area contributed by atoms with Crippen LogP contribution in [-0.2, 0) is 19.1 Å². The van der Waals surface area contributed by atoms with Crippen LogP contribution in [0.2, 0.25) is 0 Å². The van der Waals surface area contributed by atoms with Crippen molar-refractivity contribution >= 4 is 46.5 Å². The topological polar surface area (TPSA) is 106 Å². The smallest absolute Gasteiger partial charge is 0.306 e. The molecule has 0 aromatic carbocycles. The summed E-state index contributed by atoms with van der Waals surface area (Å²) < 4.78 is 9.54. The van der Waals surface area contributed by atoms with Gasteiger partial charge in [-0.3, -0.25) is 25.2 Å². The van der Waals surface area contributed by atoms with Crippen LogP contribution in [0.4, 0.5) is 0 Å². The Morgan fingerprint density at radius 2 is 2.00 bits per heavy atom. The van der Waals surface area contributed by atoms with Gasteiger partial charge in [-0.25, -0.2) is 0 Å². The average Bonchev–Trinajstić information content (AvgIpc) is 3.05. The number of methoxy groups -OCH3 is 1. The summed E-state index contributed by atoms with van der Waals surface area (Å²) in [6.07, 6.45) is -0.147. The molecule has 126 valence electrons. The van der Waals surface area contributed by atoms with Gasteiger partial charge in [0.25, 0.3) is 5.91 Å². The van der Waals surface area contributed by atoms with E-state index in [9.17, 15) is 14.4 Å². The van der Waals surface area contributed by atoms with Gasteiger partial charge in [-0.05, 0) is 23.7 Å². The molecular weight excluding hydrogens is 342 g/mol. The second kappa shape index (κ2) is 10.6. The molecule has 10 heteroatoms.